The van der Waals surface area contributed by atoms with Gasteiger partial charge in [-0.2, -0.15) is 5.26 Å². The highest BCUT2D eigenvalue weighted by molar-refractivity contribution is 5.96. The Morgan fingerprint density at radius 1 is 1.14 bits per heavy atom. The predicted octanol–water partition coefficient (Wildman–Crippen LogP) is 3.31. The first-order valence-corrected chi connectivity index (χ1v) is 6.74. The molecular weight excluding hydrogens is 262 g/mol. The molecule has 0 aromatic heterocycles. The van der Waals surface area contributed by atoms with Gasteiger partial charge in [0, 0.05) is 5.69 Å². The number of rotatable bonds is 4. The summed E-state index contributed by atoms with van der Waals surface area (Å²) in [7, 11) is 0. The van der Waals surface area contributed by atoms with Crippen LogP contribution in [0.5, 0.6) is 0 Å². The molecule has 2 N–H and O–H groups in total. The van der Waals surface area contributed by atoms with E-state index in [1.807, 2.05) is 49.4 Å². The monoisotopic (exact) mass is 279 g/mol. The summed E-state index contributed by atoms with van der Waals surface area (Å²) in [6.45, 7) is 3.64. The molecule has 2 aromatic carbocycles. The lowest BCUT2D eigenvalue weighted by Crippen LogP contribution is -2.32. The lowest BCUT2D eigenvalue weighted by molar-refractivity contribution is -0.116. The highest BCUT2D eigenvalue weighted by Crippen LogP contribution is 2.19. The van der Waals surface area contributed by atoms with E-state index in [-0.39, 0.29) is 5.91 Å². The third-order valence-electron chi connectivity index (χ3n) is 3.19. The SMILES string of the molecule is Cc1cccc(NC(C)C(=O)Nc2ccccc2)c1C#N. The van der Waals surface area contributed by atoms with Crippen molar-refractivity contribution in [2.45, 2.75) is 19.9 Å². The second-order valence-corrected chi connectivity index (χ2v) is 4.83. The molecule has 0 aliphatic heterocycles. The Morgan fingerprint density at radius 3 is 2.52 bits per heavy atom. The van der Waals surface area contributed by atoms with Crippen molar-refractivity contribution in [3.05, 3.63) is 59.7 Å². The second-order valence-electron chi connectivity index (χ2n) is 4.83. The van der Waals surface area contributed by atoms with E-state index in [0.717, 1.165) is 11.3 Å². The Balaban J connectivity index is 2.08. The summed E-state index contributed by atoms with van der Waals surface area (Å²) in [5.41, 5.74) is 2.88. The van der Waals surface area contributed by atoms with Gasteiger partial charge < -0.3 is 10.6 Å². The number of hydrogen-bond donors (Lipinski definition) is 2. The van der Waals surface area contributed by atoms with E-state index in [4.69, 9.17) is 0 Å². The highest BCUT2D eigenvalue weighted by Gasteiger charge is 2.15. The molecule has 0 radical (unpaired) electrons. The van der Waals surface area contributed by atoms with Gasteiger partial charge in [-0.15, -0.1) is 0 Å². The van der Waals surface area contributed by atoms with Crippen LogP contribution in [0.15, 0.2) is 48.5 Å². The topological polar surface area (TPSA) is 64.9 Å². The third kappa shape index (κ3) is 3.61. The molecular formula is C17H17N3O. The number of carbonyl (C=O) groups excluding carboxylic acids is 1. The summed E-state index contributed by atoms with van der Waals surface area (Å²) in [5.74, 6) is -0.147. The van der Waals surface area contributed by atoms with Crippen LogP contribution in [0.4, 0.5) is 11.4 Å². The average Bonchev–Trinajstić information content (AvgIpc) is 2.48. The van der Waals surface area contributed by atoms with Gasteiger partial charge in [0.15, 0.2) is 0 Å². The van der Waals surface area contributed by atoms with E-state index in [1.54, 1.807) is 13.0 Å². The molecule has 0 spiro atoms. The number of nitriles is 1. The molecule has 1 atom stereocenters. The number of benzene rings is 2. The van der Waals surface area contributed by atoms with Gasteiger partial charge in [-0.3, -0.25) is 4.79 Å². The molecule has 2 rings (SSSR count). The number of hydrogen-bond acceptors (Lipinski definition) is 3. The molecule has 4 nitrogen and oxygen atoms in total. The number of para-hydroxylation sites is 1. The van der Waals surface area contributed by atoms with Gasteiger partial charge in [0.25, 0.3) is 0 Å². The number of aryl methyl sites for hydroxylation is 1. The predicted molar refractivity (Wildman–Crippen MR) is 84.1 cm³/mol. The Labute approximate surface area is 124 Å². The summed E-state index contributed by atoms with van der Waals surface area (Å²) in [6.07, 6.45) is 0. The minimum absolute atomic E-state index is 0.147. The third-order valence-corrected chi connectivity index (χ3v) is 3.19. The number of amides is 1. The highest BCUT2D eigenvalue weighted by atomic mass is 16.2. The molecule has 0 heterocycles. The molecule has 0 saturated heterocycles. The summed E-state index contributed by atoms with van der Waals surface area (Å²) in [6, 6.07) is 16.5. The Kier molecular flexibility index (Phi) is 4.57. The van der Waals surface area contributed by atoms with Gasteiger partial charge in [-0.25, -0.2) is 0 Å². The van der Waals surface area contributed by atoms with Crippen LogP contribution in [0.25, 0.3) is 0 Å². The smallest absolute Gasteiger partial charge is 0.246 e. The first-order valence-electron chi connectivity index (χ1n) is 6.74. The van der Waals surface area contributed by atoms with E-state index in [0.29, 0.717) is 11.3 Å². The molecule has 1 unspecified atom stereocenters. The van der Waals surface area contributed by atoms with Crippen LogP contribution in [0.1, 0.15) is 18.1 Å². The van der Waals surface area contributed by atoms with E-state index in [1.165, 1.54) is 0 Å². The summed E-state index contributed by atoms with van der Waals surface area (Å²) >= 11 is 0. The molecule has 21 heavy (non-hydrogen) atoms. The Morgan fingerprint density at radius 2 is 1.86 bits per heavy atom. The zero-order chi connectivity index (χ0) is 15.2. The number of nitrogens with zero attached hydrogens (tertiary/aromatic N) is 1. The van der Waals surface area contributed by atoms with Gasteiger partial charge >= 0.3 is 0 Å². The van der Waals surface area contributed by atoms with Gasteiger partial charge in [0.1, 0.15) is 12.1 Å². The van der Waals surface area contributed by atoms with Crippen LogP contribution in [0.2, 0.25) is 0 Å². The first-order chi connectivity index (χ1) is 10.1. The zero-order valence-electron chi connectivity index (χ0n) is 12.1. The number of nitrogens with one attached hydrogen (secondary N) is 2. The standard InChI is InChI=1S/C17H17N3O/c1-12-7-6-10-16(15(12)11-18)19-13(2)17(21)20-14-8-4-3-5-9-14/h3-10,13,19H,1-2H3,(H,20,21). The van der Waals surface area contributed by atoms with Crippen LogP contribution < -0.4 is 10.6 Å². The van der Waals surface area contributed by atoms with Crippen molar-refractivity contribution in [3.63, 3.8) is 0 Å². The number of anilines is 2. The Hall–Kier alpha value is -2.80. The normalized spacial score (nSPS) is 11.3. The van der Waals surface area contributed by atoms with Gasteiger partial charge in [-0.1, -0.05) is 30.3 Å². The molecule has 0 saturated carbocycles. The van der Waals surface area contributed by atoms with E-state index in [2.05, 4.69) is 16.7 Å². The van der Waals surface area contributed by atoms with Gasteiger partial charge in [0.05, 0.1) is 11.3 Å². The molecule has 2 aromatic rings. The second kappa shape index (κ2) is 6.58. The quantitative estimate of drug-likeness (QED) is 0.902. The maximum absolute atomic E-state index is 12.1. The molecule has 0 bridgehead atoms. The fourth-order valence-electron chi connectivity index (χ4n) is 2.01. The van der Waals surface area contributed by atoms with Gasteiger partial charge in [0.2, 0.25) is 5.91 Å². The van der Waals surface area contributed by atoms with Crippen molar-refractivity contribution in [2.24, 2.45) is 0 Å². The minimum atomic E-state index is -0.445. The molecule has 0 aliphatic rings. The van der Waals surface area contributed by atoms with Gasteiger partial charge in [-0.05, 0) is 37.6 Å². The lowest BCUT2D eigenvalue weighted by Gasteiger charge is -2.17. The molecule has 106 valence electrons. The molecule has 0 fully saturated rings. The van der Waals surface area contributed by atoms with Crippen LogP contribution in [0.3, 0.4) is 0 Å². The van der Waals surface area contributed by atoms with Crippen molar-refractivity contribution in [1.82, 2.24) is 0 Å². The summed E-state index contributed by atoms with van der Waals surface area (Å²) < 4.78 is 0. The largest absolute Gasteiger partial charge is 0.373 e. The van der Waals surface area contributed by atoms with E-state index >= 15 is 0 Å². The summed E-state index contributed by atoms with van der Waals surface area (Å²) in [4.78, 5) is 12.1. The van der Waals surface area contributed by atoms with Crippen LogP contribution in [-0.2, 0) is 4.79 Å². The zero-order valence-corrected chi connectivity index (χ0v) is 12.1. The van der Waals surface area contributed by atoms with Crippen LogP contribution >= 0.6 is 0 Å². The van der Waals surface area contributed by atoms with Crippen molar-refractivity contribution in [1.29, 1.82) is 5.26 Å². The van der Waals surface area contributed by atoms with Crippen molar-refractivity contribution < 1.29 is 4.79 Å². The fraction of sp³-hybridized carbons (Fsp3) is 0.176. The van der Waals surface area contributed by atoms with Crippen molar-refractivity contribution >= 4 is 17.3 Å². The Bertz CT molecular complexity index is 674. The molecule has 1 amide bonds. The van der Waals surface area contributed by atoms with Crippen LogP contribution in [-0.4, -0.2) is 11.9 Å². The maximum Gasteiger partial charge on any atom is 0.246 e. The van der Waals surface area contributed by atoms with Crippen LogP contribution in [0, 0.1) is 18.3 Å². The average molecular weight is 279 g/mol. The van der Waals surface area contributed by atoms with Crippen molar-refractivity contribution in [3.8, 4) is 6.07 Å². The minimum Gasteiger partial charge on any atom is -0.373 e. The summed E-state index contributed by atoms with van der Waals surface area (Å²) in [5, 5.41) is 15.1. The van der Waals surface area contributed by atoms with E-state index in [9.17, 15) is 10.1 Å². The number of carbonyl (C=O) groups is 1. The fourth-order valence-corrected chi connectivity index (χ4v) is 2.01. The molecule has 4 heteroatoms. The molecule has 0 aliphatic carbocycles. The lowest BCUT2D eigenvalue weighted by atomic mass is 10.1. The van der Waals surface area contributed by atoms with Crippen molar-refractivity contribution in [2.75, 3.05) is 10.6 Å². The first kappa shape index (κ1) is 14.6. The maximum atomic E-state index is 12.1. The van der Waals surface area contributed by atoms with E-state index < -0.39 is 6.04 Å².